The molecule has 0 aromatic carbocycles. The number of aliphatic hydroxyl groups is 17. The smallest absolute Gasteiger partial charge is 0.726 e. The van der Waals surface area contributed by atoms with Gasteiger partial charge in [0.1, 0.15) is 42.7 Å². The van der Waals surface area contributed by atoms with Crippen LogP contribution in [0.4, 0.5) is 0 Å². The molecule has 0 aromatic heterocycles. The fourth-order valence-corrected chi connectivity index (χ4v) is 12.2. The van der Waals surface area contributed by atoms with Crippen LogP contribution in [0.5, 0.6) is 0 Å². The maximum Gasteiger partial charge on any atom is 1.00 e. The van der Waals surface area contributed by atoms with Crippen molar-refractivity contribution < 1.29 is 143 Å². The van der Waals surface area contributed by atoms with Gasteiger partial charge in [0, 0.05) is 25.2 Å². The molecule has 2 fully saturated rings. The summed E-state index contributed by atoms with van der Waals surface area (Å²) in [4.78, 5) is 0. The van der Waals surface area contributed by atoms with Crippen molar-refractivity contribution in [1.29, 1.82) is 0 Å². The van der Waals surface area contributed by atoms with Gasteiger partial charge in [-0.15, -0.1) is 0 Å². The molecule has 2 saturated heterocycles. The Bertz CT molecular complexity index is 1750. The molecule has 0 amide bonds. The summed E-state index contributed by atoms with van der Waals surface area (Å²) < 4.78 is 47.3. The van der Waals surface area contributed by atoms with Crippen LogP contribution in [0.15, 0.2) is 0 Å². The number of ether oxygens (including phenoxy) is 2. The number of hydrogen-bond acceptors (Lipinski definition) is 23. The summed E-state index contributed by atoms with van der Waals surface area (Å²) in [6.45, 7) is 6.86. The van der Waals surface area contributed by atoms with Crippen molar-refractivity contribution in [3.05, 3.63) is 0 Å². The number of rotatable bonds is 49. The van der Waals surface area contributed by atoms with Crippen LogP contribution in [-0.2, 0) is 24.1 Å². The molecule has 6 unspecified atom stereocenters. The minimum absolute atomic E-state index is 0. The van der Waals surface area contributed by atoms with Gasteiger partial charge in [-0.2, -0.15) is 0 Å². The summed E-state index contributed by atoms with van der Waals surface area (Å²) in [5.74, 6) is -2.02. The van der Waals surface area contributed by atoms with E-state index in [4.69, 9.17) is 9.47 Å². The Kier molecular flexibility index (Phi) is 44.4. The molecule has 2 heterocycles. The fraction of sp³-hybridized carbons (Fsp3) is 1.00. The number of unbranched alkanes of at least 4 members (excludes halogenated alkanes) is 16. The van der Waals surface area contributed by atoms with Gasteiger partial charge in [0.25, 0.3) is 0 Å². The van der Waals surface area contributed by atoms with Gasteiger partial charge in [0.05, 0.1) is 92.1 Å². The summed E-state index contributed by atoms with van der Waals surface area (Å²) in [7, 11) is -4.68. The van der Waals surface area contributed by atoms with Gasteiger partial charge in [0.15, 0.2) is 0 Å². The predicted molar refractivity (Wildman–Crippen MR) is 311 cm³/mol. The molecule has 23 nitrogen and oxygen atoms in total. The molecular weight excluding hydrogens is 1140 g/mol. The molecule has 85 heavy (non-hydrogen) atoms. The van der Waals surface area contributed by atoms with Crippen LogP contribution in [-0.4, -0.2) is 235 Å². The molecule has 17 N–H and O–H groups in total. The van der Waals surface area contributed by atoms with Crippen LogP contribution < -0.4 is 29.6 Å². The van der Waals surface area contributed by atoms with Crippen molar-refractivity contribution in [2.75, 3.05) is 6.61 Å². The standard InChI is InChI=1S/C60H118O23S.Na/c1-5-6-7-8-9-10-11-12-13-14-17-20-26-44(65)54(73)59-57(76)48(69)36-50(83-59)58(77)51(70)38(3)29-31-42(63)49-35-47(68)56(75)60(82-49)55(74)45(66)33-37(2)28-30-41(62)34-46(67)53(72)39(4)52(71)43(64)27-22-21-25-40(61)24-19-16-15-18-23-32-81-84(78,79)80;/h37-77H,5-36H2,1-4H3,(H,78,79,80);/q;+1/p-1/t37?,38?,39?,40?,41-,42+,43?,44+,45+,46-,47+,48+,49+,50+,51-,52?,53+,54-,55-,56+,57+,58-,59-,60-;/m0./s1. The molecule has 24 atom stereocenters. The van der Waals surface area contributed by atoms with Crippen LogP contribution in [0.2, 0.25) is 0 Å². The van der Waals surface area contributed by atoms with Crippen molar-refractivity contribution in [3.63, 3.8) is 0 Å². The van der Waals surface area contributed by atoms with E-state index in [9.17, 15) is 99.8 Å². The first-order chi connectivity index (χ1) is 39.6. The molecule has 0 spiro atoms. The molecule has 2 aliphatic heterocycles. The molecule has 25 heteroatoms. The van der Waals surface area contributed by atoms with E-state index >= 15 is 0 Å². The van der Waals surface area contributed by atoms with Gasteiger partial charge >= 0.3 is 29.6 Å². The third kappa shape index (κ3) is 33.0. The molecule has 2 rings (SSSR count). The first-order valence-corrected chi connectivity index (χ1v) is 33.4. The normalized spacial score (nSPS) is 27.2. The maximum absolute atomic E-state index is 11.2. The third-order valence-corrected chi connectivity index (χ3v) is 18.2. The van der Waals surface area contributed by atoms with Crippen LogP contribution in [0.25, 0.3) is 0 Å². The predicted octanol–water partition coefficient (Wildman–Crippen LogP) is -0.841. The molecule has 2 aliphatic rings. The van der Waals surface area contributed by atoms with E-state index in [0.29, 0.717) is 44.9 Å². The minimum atomic E-state index is -4.68. The van der Waals surface area contributed by atoms with E-state index in [1.165, 1.54) is 51.9 Å². The zero-order valence-electron chi connectivity index (χ0n) is 51.9. The fourth-order valence-electron chi connectivity index (χ4n) is 11.9. The monoisotopic (exact) mass is 1260 g/mol. The average molecular weight is 1260 g/mol. The second-order valence-corrected chi connectivity index (χ2v) is 26.3. The Morgan fingerprint density at radius 1 is 0.459 bits per heavy atom. The third-order valence-electron chi connectivity index (χ3n) is 17.8. The Hall–Kier alpha value is 0.110. The molecular formula is C60H117NaO23S. The molecule has 502 valence electrons. The topological polar surface area (TPSA) is 429 Å². The average Bonchev–Trinajstić information content (AvgIpc) is 3.20. The first kappa shape index (κ1) is 83.1. The van der Waals surface area contributed by atoms with Crippen LogP contribution in [0, 0.1) is 17.8 Å². The summed E-state index contributed by atoms with van der Waals surface area (Å²) in [6.07, 6.45) is -9.97. The zero-order valence-corrected chi connectivity index (χ0v) is 54.8. The van der Waals surface area contributed by atoms with Crippen molar-refractivity contribution in [2.45, 2.75) is 355 Å². The Balaban J connectivity index is 0.0000361. The van der Waals surface area contributed by atoms with Gasteiger partial charge in [-0.1, -0.05) is 143 Å². The minimum Gasteiger partial charge on any atom is -0.726 e. The molecule has 0 saturated carbocycles. The van der Waals surface area contributed by atoms with E-state index in [-0.39, 0.29) is 106 Å². The Morgan fingerprint density at radius 2 is 0.894 bits per heavy atom. The van der Waals surface area contributed by atoms with Crippen LogP contribution >= 0.6 is 0 Å². The largest absolute Gasteiger partial charge is 1.00 e. The Labute approximate surface area is 529 Å². The zero-order chi connectivity index (χ0) is 63.1. The SMILES string of the molecule is CCCCCCCCCCCCCC[C@@H](O)[C@H](O)[C@@H]1O[C@@H]([C@H](O)[C@@H](O)C(C)CC[C@@H](O)[C@H]2C[C@@H](O)[C@@H](O)[C@H]([C@@H](O)[C@H](O)CC(C)CC[C@H](O)C[C@H](O)[C@H](O)C(C)C(O)C(O)CCCCC(O)CCCCCCCOS(=O)(=O)[O-])O2)C[C@@H](O)[C@H]1O.[Na+]. The van der Waals surface area contributed by atoms with Crippen molar-refractivity contribution in [3.8, 4) is 0 Å². The summed E-state index contributed by atoms with van der Waals surface area (Å²) >= 11 is 0. The number of aliphatic hydroxyl groups excluding tert-OH is 17. The van der Waals surface area contributed by atoms with Crippen molar-refractivity contribution >= 4 is 10.4 Å². The first-order valence-electron chi connectivity index (χ1n) is 32.1. The van der Waals surface area contributed by atoms with Gasteiger partial charge in [-0.3, -0.25) is 4.18 Å². The summed E-state index contributed by atoms with van der Waals surface area (Å²) in [5.41, 5.74) is 0. The summed E-state index contributed by atoms with van der Waals surface area (Å²) in [5, 5.41) is 185. The van der Waals surface area contributed by atoms with Gasteiger partial charge in [-0.25, -0.2) is 8.42 Å². The van der Waals surface area contributed by atoms with Crippen LogP contribution in [0.3, 0.4) is 0 Å². The number of hydrogen-bond donors (Lipinski definition) is 17. The van der Waals surface area contributed by atoms with Crippen molar-refractivity contribution in [2.24, 2.45) is 17.8 Å². The maximum atomic E-state index is 11.2. The van der Waals surface area contributed by atoms with Gasteiger partial charge in [-0.05, 0) is 76.0 Å². The molecule has 0 bridgehead atoms. The van der Waals surface area contributed by atoms with Crippen LogP contribution in [0.1, 0.15) is 227 Å². The van der Waals surface area contributed by atoms with E-state index in [2.05, 4.69) is 11.1 Å². The molecule has 0 aliphatic carbocycles. The van der Waals surface area contributed by atoms with E-state index in [1.807, 2.05) is 0 Å². The molecule has 0 radical (unpaired) electrons. The van der Waals surface area contributed by atoms with E-state index in [1.54, 1.807) is 13.8 Å². The van der Waals surface area contributed by atoms with Gasteiger partial charge < -0.3 is 101 Å². The van der Waals surface area contributed by atoms with E-state index < -0.39 is 150 Å². The van der Waals surface area contributed by atoms with Crippen molar-refractivity contribution in [1.82, 2.24) is 0 Å². The molecule has 0 aromatic rings. The summed E-state index contributed by atoms with van der Waals surface area (Å²) in [6, 6.07) is 0. The van der Waals surface area contributed by atoms with Gasteiger partial charge in [0.2, 0.25) is 10.4 Å². The Morgan fingerprint density at radius 3 is 1.44 bits per heavy atom. The second-order valence-electron chi connectivity index (χ2n) is 25.3. The quantitative estimate of drug-likeness (QED) is 0.0153. The second kappa shape index (κ2) is 45.4. The van der Waals surface area contributed by atoms with E-state index in [0.717, 1.165) is 44.9 Å².